The van der Waals surface area contributed by atoms with Crippen LogP contribution in [-0.2, 0) is 14.4 Å². The zero-order valence-corrected chi connectivity index (χ0v) is 25.7. The first-order chi connectivity index (χ1) is 20.3. The Morgan fingerprint density at radius 2 is 1.67 bits per heavy atom. The number of hydrogen-bond acceptors (Lipinski definition) is 6. The molecule has 216 valence electrons. The topological polar surface area (TPSA) is 78.8 Å². The molecule has 1 atom stereocenters. The van der Waals surface area contributed by atoms with Crippen molar-refractivity contribution in [3.05, 3.63) is 87.1 Å². The van der Waals surface area contributed by atoms with Gasteiger partial charge in [0.15, 0.2) is 0 Å². The summed E-state index contributed by atoms with van der Waals surface area (Å²) >= 11 is 9.41. The largest absolute Gasteiger partial charge is 0.339 e. The van der Waals surface area contributed by atoms with Crippen LogP contribution in [0.25, 0.3) is 16.9 Å². The Bertz CT molecular complexity index is 1610. The Labute approximate surface area is 257 Å². The molecule has 0 bridgehead atoms. The molecule has 0 saturated carbocycles. The molecule has 8 nitrogen and oxygen atoms in total. The van der Waals surface area contributed by atoms with E-state index in [1.807, 2.05) is 65.5 Å². The number of thioether (sulfide) groups is 1. The second kappa shape index (κ2) is 11.9. The van der Waals surface area contributed by atoms with Crippen LogP contribution in [0.2, 0.25) is 5.02 Å². The third kappa shape index (κ3) is 5.58. The van der Waals surface area contributed by atoms with Crippen LogP contribution in [0.4, 0.5) is 5.82 Å². The fourth-order valence-electron chi connectivity index (χ4n) is 5.40. The van der Waals surface area contributed by atoms with E-state index in [4.69, 9.17) is 16.7 Å². The van der Waals surface area contributed by atoms with Gasteiger partial charge in [-0.2, -0.15) is 16.4 Å². The summed E-state index contributed by atoms with van der Waals surface area (Å²) < 4.78 is 1.81. The zero-order chi connectivity index (χ0) is 29.4. The summed E-state index contributed by atoms with van der Waals surface area (Å²) in [7, 11) is 0. The Hall–Kier alpha value is -3.60. The number of fused-ring (bicyclic) bond motifs is 1. The predicted molar refractivity (Wildman–Crippen MR) is 169 cm³/mol. The summed E-state index contributed by atoms with van der Waals surface area (Å²) in [6.07, 6.45) is 0. The minimum Gasteiger partial charge on any atom is -0.339 e. The number of amides is 3. The molecule has 0 radical (unpaired) electrons. The van der Waals surface area contributed by atoms with Gasteiger partial charge >= 0.3 is 0 Å². The smallest absolute Gasteiger partial charge is 0.242 e. The van der Waals surface area contributed by atoms with Crippen molar-refractivity contribution in [3.8, 4) is 16.9 Å². The number of halogens is 1. The molecule has 1 saturated heterocycles. The van der Waals surface area contributed by atoms with Gasteiger partial charge in [0.05, 0.1) is 22.4 Å². The van der Waals surface area contributed by atoms with Crippen LogP contribution in [-0.4, -0.2) is 75.8 Å². The van der Waals surface area contributed by atoms with Crippen molar-refractivity contribution < 1.29 is 14.4 Å². The van der Waals surface area contributed by atoms with Crippen molar-refractivity contribution in [2.45, 2.75) is 19.1 Å². The van der Waals surface area contributed by atoms with E-state index in [1.165, 1.54) is 0 Å². The molecule has 3 amide bonds. The van der Waals surface area contributed by atoms with Crippen molar-refractivity contribution in [1.82, 2.24) is 19.6 Å². The van der Waals surface area contributed by atoms with Crippen LogP contribution in [0.5, 0.6) is 0 Å². The second-order valence-electron chi connectivity index (χ2n) is 10.5. The zero-order valence-electron chi connectivity index (χ0n) is 23.3. The highest BCUT2D eigenvalue weighted by Crippen LogP contribution is 2.49. The molecule has 4 aromatic rings. The average molecular weight is 620 g/mol. The molecule has 0 N–H and O–H groups in total. The first kappa shape index (κ1) is 28.5. The summed E-state index contributed by atoms with van der Waals surface area (Å²) in [5.41, 5.74) is 5.51. The lowest BCUT2D eigenvalue weighted by molar-refractivity contribution is -0.137. The van der Waals surface area contributed by atoms with E-state index in [-0.39, 0.29) is 35.3 Å². The summed E-state index contributed by atoms with van der Waals surface area (Å²) in [6, 6.07) is 17.6. The van der Waals surface area contributed by atoms with Gasteiger partial charge in [-0.25, -0.2) is 4.68 Å². The number of aromatic nitrogens is 2. The molecule has 11 heteroatoms. The van der Waals surface area contributed by atoms with Crippen LogP contribution in [0, 0.1) is 6.92 Å². The third-order valence-corrected chi connectivity index (χ3v) is 9.91. The number of carbonyl (C=O) groups excluding carboxylic acids is 3. The van der Waals surface area contributed by atoms with Gasteiger partial charge in [0.25, 0.3) is 0 Å². The molecule has 2 aliphatic rings. The molecule has 4 heterocycles. The van der Waals surface area contributed by atoms with Crippen molar-refractivity contribution in [2.75, 3.05) is 43.4 Å². The minimum absolute atomic E-state index is 0.00246. The first-order valence-electron chi connectivity index (χ1n) is 13.7. The SMILES string of the molecule is CC(=O)N1CCN(C(=O)CN2C(=O)CSC(c3ccsc3)c3c(-c4ccc(Cl)cc4)nn(-c4ccc(C)cc4)c32)CC1. The van der Waals surface area contributed by atoms with Gasteiger partial charge in [-0.1, -0.05) is 41.4 Å². The minimum atomic E-state index is -0.167. The summed E-state index contributed by atoms with van der Waals surface area (Å²) in [4.78, 5) is 44.5. The molecular weight excluding hydrogens is 590 g/mol. The lowest BCUT2D eigenvalue weighted by atomic mass is 10.0. The van der Waals surface area contributed by atoms with Gasteiger partial charge in [-0.05, 0) is 53.6 Å². The highest BCUT2D eigenvalue weighted by atomic mass is 35.5. The van der Waals surface area contributed by atoms with Crippen LogP contribution in [0.1, 0.15) is 28.9 Å². The second-order valence-corrected chi connectivity index (χ2v) is 12.8. The van der Waals surface area contributed by atoms with Crippen molar-refractivity contribution >= 4 is 58.2 Å². The number of anilines is 1. The van der Waals surface area contributed by atoms with Gasteiger partial charge in [-0.3, -0.25) is 19.3 Å². The maximum Gasteiger partial charge on any atom is 0.242 e. The van der Waals surface area contributed by atoms with E-state index >= 15 is 0 Å². The molecule has 42 heavy (non-hydrogen) atoms. The van der Waals surface area contributed by atoms with Crippen LogP contribution < -0.4 is 4.90 Å². The fraction of sp³-hybridized carbons (Fsp3) is 0.290. The highest BCUT2D eigenvalue weighted by molar-refractivity contribution is 8.00. The number of piperazine rings is 1. The Morgan fingerprint density at radius 3 is 2.31 bits per heavy atom. The Balaban J connectivity index is 1.50. The number of carbonyl (C=O) groups is 3. The van der Waals surface area contributed by atoms with Gasteiger partial charge in [0.1, 0.15) is 12.4 Å². The van der Waals surface area contributed by atoms with Crippen molar-refractivity contribution in [2.24, 2.45) is 0 Å². The van der Waals surface area contributed by atoms with Gasteiger partial charge in [0.2, 0.25) is 17.7 Å². The van der Waals surface area contributed by atoms with E-state index < -0.39 is 0 Å². The van der Waals surface area contributed by atoms with Crippen molar-refractivity contribution in [3.63, 3.8) is 0 Å². The summed E-state index contributed by atoms with van der Waals surface area (Å²) in [6.45, 7) is 5.30. The van der Waals surface area contributed by atoms with Crippen LogP contribution >= 0.6 is 34.7 Å². The quantitative estimate of drug-likeness (QED) is 0.298. The maximum absolute atomic E-state index is 13.9. The van der Waals surface area contributed by atoms with E-state index in [1.54, 1.807) is 44.7 Å². The van der Waals surface area contributed by atoms with Crippen LogP contribution in [0.3, 0.4) is 0 Å². The lowest BCUT2D eigenvalue weighted by Crippen LogP contribution is -2.53. The molecule has 1 fully saturated rings. The van der Waals surface area contributed by atoms with Crippen LogP contribution in [0.15, 0.2) is 65.4 Å². The lowest BCUT2D eigenvalue weighted by Gasteiger charge is -2.35. The summed E-state index contributed by atoms with van der Waals surface area (Å²) in [5, 5.41) is 9.73. The average Bonchev–Trinajstić information content (AvgIpc) is 3.63. The third-order valence-electron chi connectivity index (χ3n) is 7.70. The van der Waals surface area contributed by atoms with E-state index in [9.17, 15) is 14.4 Å². The molecule has 6 rings (SSSR count). The highest BCUT2D eigenvalue weighted by Gasteiger charge is 2.38. The maximum atomic E-state index is 13.9. The number of benzene rings is 2. The molecule has 0 spiro atoms. The number of thiophene rings is 1. The van der Waals surface area contributed by atoms with E-state index in [0.29, 0.717) is 37.0 Å². The number of nitrogens with zero attached hydrogens (tertiary/aromatic N) is 5. The molecule has 2 aliphatic heterocycles. The van der Waals surface area contributed by atoms with E-state index in [0.717, 1.165) is 33.6 Å². The molecular formula is C31H30ClN5O3S2. The fourth-order valence-corrected chi connectivity index (χ4v) is 7.49. The Morgan fingerprint density at radius 1 is 0.976 bits per heavy atom. The molecule has 2 aromatic carbocycles. The first-order valence-corrected chi connectivity index (χ1v) is 16.1. The normalized spacial score (nSPS) is 17.3. The number of hydrogen-bond donors (Lipinski definition) is 0. The Kier molecular flexibility index (Phi) is 8.11. The van der Waals surface area contributed by atoms with E-state index in [2.05, 4.69) is 11.4 Å². The number of aryl methyl sites for hydroxylation is 1. The standard InChI is InChI=1S/C31H30ClN5O3S2/c1-20-3-9-25(10-4-20)37-31-28(29(33-37)22-5-7-24(32)8-6-22)30(23-11-16-41-18-23)42-19-27(40)36(31)17-26(39)35-14-12-34(13-15-35)21(2)38/h3-11,16,18,30H,12-15,17,19H2,1-2H3. The van der Waals surface area contributed by atoms with Crippen molar-refractivity contribution in [1.29, 1.82) is 0 Å². The number of rotatable bonds is 5. The predicted octanol–water partition coefficient (Wildman–Crippen LogP) is 5.42. The molecule has 0 aliphatic carbocycles. The molecule has 1 unspecified atom stereocenters. The molecule has 2 aromatic heterocycles. The van der Waals surface area contributed by atoms with Gasteiger partial charge in [0, 0.05) is 49.3 Å². The monoisotopic (exact) mass is 619 g/mol. The van der Waals surface area contributed by atoms with Gasteiger partial charge < -0.3 is 9.80 Å². The van der Waals surface area contributed by atoms with Gasteiger partial charge in [-0.15, -0.1) is 11.8 Å². The summed E-state index contributed by atoms with van der Waals surface area (Å²) in [5.74, 6) is 0.523.